The molecule has 0 saturated carbocycles. The van der Waals surface area contributed by atoms with Crippen LogP contribution < -0.4 is 4.90 Å². The van der Waals surface area contributed by atoms with E-state index in [1.54, 1.807) is 18.2 Å². The molecule has 0 spiro atoms. The predicted octanol–water partition coefficient (Wildman–Crippen LogP) is 1.38. The summed E-state index contributed by atoms with van der Waals surface area (Å²) in [6.07, 6.45) is 1.81. The van der Waals surface area contributed by atoms with E-state index >= 15 is 0 Å². The summed E-state index contributed by atoms with van der Waals surface area (Å²) < 4.78 is 27.4. The van der Waals surface area contributed by atoms with Crippen molar-refractivity contribution in [2.75, 3.05) is 19.0 Å². The lowest BCUT2D eigenvalue weighted by Crippen LogP contribution is -2.37. The van der Waals surface area contributed by atoms with Crippen LogP contribution in [0.2, 0.25) is 0 Å². The largest absolute Gasteiger partial charge is 0.481 e. The summed E-state index contributed by atoms with van der Waals surface area (Å²) in [5.74, 6) is -1.47. The fourth-order valence-corrected chi connectivity index (χ4v) is 5.58. The zero-order chi connectivity index (χ0) is 16.1. The number of carboxylic acids is 1. The van der Waals surface area contributed by atoms with Gasteiger partial charge in [0.25, 0.3) is 0 Å². The van der Waals surface area contributed by atoms with E-state index in [0.717, 1.165) is 12.1 Å². The molecule has 120 valence electrons. The Kier molecular flexibility index (Phi) is 3.65. The third kappa shape index (κ3) is 2.28. The molecule has 1 aromatic carbocycles. The molecule has 6 nitrogen and oxygen atoms in total. The molecule has 0 radical (unpaired) electrons. The molecule has 2 saturated heterocycles. The molecule has 2 heterocycles. The van der Waals surface area contributed by atoms with E-state index < -0.39 is 28.0 Å². The van der Waals surface area contributed by atoms with Crippen molar-refractivity contribution < 1.29 is 18.3 Å². The summed E-state index contributed by atoms with van der Waals surface area (Å²) in [5.41, 5.74) is 0.808. The van der Waals surface area contributed by atoms with E-state index in [9.17, 15) is 18.3 Å². The zero-order valence-corrected chi connectivity index (χ0v) is 13.5. The maximum atomic E-state index is 13.0. The summed E-state index contributed by atoms with van der Waals surface area (Å²) in [5, 5.41) is 9.28. The normalized spacial score (nSPS) is 28.0. The molecule has 2 aliphatic rings. The van der Waals surface area contributed by atoms with Crippen LogP contribution in [-0.4, -0.2) is 50.0 Å². The molecule has 22 heavy (non-hydrogen) atoms. The Hall–Kier alpha value is -1.60. The van der Waals surface area contributed by atoms with E-state index in [4.69, 9.17) is 0 Å². The molecule has 0 amide bonds. The van der Waals surface area contributed by atoms with E-state index in [1.807, 2.05) is 25.1 Å². The van der Waals surface area contributed by atoms with Crippen LogP contribution >= 0.6 is 0 Å². The maximum absolute atomic E-state index is 13.0. The van der Waals surface area contributed by atoms with Gasteiger partial charge in [-0.05, 0) is 37.5 Å². The second kappa shape index (κ2) is 5.24. The highest BCUT2D eigenvalue weighted by molar-refractivity contribution is 7.89. The van der Waals surface area contributed by atoms with Crippen molar-refractivity contribution in [3.63, 3.8) is 0 Å². The SMILES string of the molecule is CN(C)c1cccc(S(=O)(=O)N2C3CCC2C(C(=O)O)C3)c1. The fourth-order valence-electron chi connectivity index (χ4n) is 3.62. The summed E-state index contributed by atoms with van der Waals surface area (Å²) in [6, 6.07) is 6.19. The monoisotopic (exact) mass is 324 g/mol. The van der Waals surface area contributed by atoms with Crippen LogP contribution in [0, 0.1) is 5.92 Å². The summed E-state index contributed by atoms with van der Waals surface area (Å²) in [6.45, 7) is 0. The highest BCUT2D eigenvalue weighted by atomic mass is 32.2. The number of hydrogen-bond donors (Lipinski definition) is 1. The number of carbonyl (C=O) groups is 1. The van der Waals surface area contributed by atoms with Gasteiger partial charge in [0.15, 0.2) is 0 Å². The van der Waals surface area contributed by atoms with Crippen molar-refractivity contribution in [2.45, 2.75) is 36.2 Å². The molecular formula is C15H20N2O4S. The van der Waals surface area contributed by atoms with Crippen molar-refractivity contribution in [3.05, 3.63) is 24.3 Å². The highest BCUT2D eigenvalue weighted by Gasteiger charge is 2.54. The van der Waals surface area contributed by atoms with Crippen molar-refractivity contribution >= 4 is 21.7 Å². The summed E-state index contributed by atoms with van der Waals surface area (Å²) in [7, 11) is 0.0521. The van der Waals surface area contributed by atoms with Crippen LogP contribution in [0.1, 0.15) is 19.3 Å². The number of carboxylic acid groups (broad SMARTS) is 1. The molecule has 3 unspecified atom stereocenters. The Bertz CT molecular complexity index is 701. The number of benzene rings is 1. The van der Waals surface area contributed by atoms with Crippen LogP contribution in [0.25, 0.3) is 0 Å². The molecular weight excluding hydrogens is 304 g/mol. The molecule has 2 fully saturated rings. The second-order valence-corrected chi connectivity index (χ2v) is 8.05. The smallest absolute Gasteiger partial charge is 0.308 e. The topological polar surface area (TPSA) is 77.9 Å². The lowest BCUT2D eigenvalue weighted by Gasteiger charge is -2.23. The van der Waals surface area contributed by atoms with E-state index in [1.165, 1.54) is 4.31 Å². The summed E-state index contributed by atoms with van der Waals surface area (Å²) >= 11 is 0. The summed E-state index contributed by atoms with van der Waals surface area (Å²) in [4.78, 5) is 13.4. The molecule has 2 bridgehead atoms. The number of sulfonamides is 1. The first kappa shape index (κ1) is 15.3. The first-order valence-electron chi connectivity index (χ1n) is 7.36. The van der Waals surface area contributed by atoms with E-state index in [2.05, 4.69) is 0 Å². The van der Waals surface area contributed by atoms with Gasteiger partial charge in [0.1, 0.15) is 0 Å². The van der Waals surface area contributed by atoms with Crippen LogP contribution in [0.3, 0.4) is 0 Å². The van der Waals surface area contributed by atoms with E-state index in [-0.39, 0.29) is 10.9 Å². The number of fused-ring (bicyclic) bond motifs is 2. The quantitative estimate of drug-likeness (QED) is 0.905. The number of rotatable bonds is 4. The standard InChI is InChI=1S/C15H20N2O4S/c1-16(2)10-4-3-5-12(8-10)22(20,21)17-11-6-7-14(17)13(9-11)15(18)19/h3-5,8,11,13-14H,6-7,9H2,1-2H3,(H,18,19). The van der Waals surface area contributed by atoms with Gasteiger partial charge in [-0.1, -0.05) is 6.07 Å². The van der Waals surface area contributed by atoms with Gasteiger partial charge in [-0.3, -0.25) is 4.79 Å². The zero-order valence-electron chi connectivity index (χ0n) is 12.6. The average molecular weight is 324 g/mol. The Morgan fingerprint density at radius 3 is 2.64 bits per heavy atom. The number of anilines is 1. The van der Waals surface area contributed by atoms with Gasteiger partial charge in [-0.25, -0.2) is 8.42 Å². The predicted molar refractivity (Wildman–Crippen MR) is 82.3 cm³/mol. The minimum absolute atomic E-state index is 0.181. The maximum Gasteiger partial charge on any atom is 0.308 e. The number of aliphatic carboxylic acids is 1. The molecule has 7 heteroatoms. The van der Waals surface area contributed by atoms with Crippen molar-refractivity contribution in [1.82, 2.24) is 4.31 Å². The molecule has 1 aromatic rings. The third-order valence-electron chi connectivity index (χ3n) is 4.70. The van der Waals surface area contributed by atoms with Gasteiger partial charge in [0.05, 0.1) is 10.8 Å². The molecule has 3 atom stereocenters. The Balaban J connectivity index is 1.97. The Labute approximate surface area is 130 Å². The Morgan fingerprint density at radius 2 is 2.05 bits per heavy atom. The van der Waals surface area contributed by atoms with Gasteiger partial charge in [-0.15, -0.1) is 0 Å². The molecule has 1 N–H and O–H groups in total. The first-order chi connectivity index (χ1) is 10.3. The van der Waals surface area contributed by atoms with Gasteiger partial charge in [0.2, 0.25) is 10.0 Å². The van der Waals surface area contributed by atoms with Crippen LogP contribution in [0.5, 0.6) is 0 Å². The fraction of sp³-hybridized carbons (Fsp3) is 0.533. The first-order valence-corrected chi connectivity index (χ1v) is 8.80. The van der Waals surface area contributed by atoms with Crippen molar-refractivity contribution in [3.8, 4) is 0 Å². The van der Waals surface area contributed by atoms with Gasteiger partial charge >= 0.3 is 5.97 Å². The lowest BCUT2D eigenvalue weighted by molar-refractivity contribution is -0.142. The van der Waals surface area contributed by atoms with E-state index in [0.29, 0.717) is 12.8 Å². The lowest BCUT2D eigenvalue weighted by atomic mass is 9.89. The van der Waals surface area contributed by atoms with Gasteiger partial charge < -0.3 is 10.0 Å². The molecule has 0 aliphatic carbocycles. The molecule has 0 aromatic heterocycles. The third-order valence-corrected chi connectivity index (χ3v) is 6.67. The minimum atomic E-state index is -3.65. The molecule has 3 rings (SSSR count). The highest BCUT2D eigenvalue weighted by Crippen LogP contribution is 2.45. The molecule has 2 aliphatic heterocycles. The average Bonchev–Trinajstić information content (AvgIpc) is 3.05. The Morgan fingerprint density at radius 1 is 1.32 bits per heavy atom. The van der Waals surface area contributed by atoms with Crippen LogP contribution in [0.15, 0.2) is 29.2 Å². The van der Waals surface area contributed by atoms with Crippen molar-refractivity contribution in [2.24, 2.45) is 5.92 Å². The second-order valence-electron chi connectivity index (χ2n) is 6.21. The number of nitrogens with zero attached hydrogens (tertiary/aromatic N) is 2. The van der Waals surface area contributed by atoms with Gasteiger partial charge in [-0.2, -0.15) is 4.31 Å². The van der Waals surface area contributed by atoms with Crippen LogP contribution in [-0.2, 0) is 14.8 Å². The number of hydrogen-bond acceptors (Lipinski definition) is 4. The van der Waals surface area contributed by atoms with Crippen LogP contribution in [0.4, 0.5) is 5.69 Å². The van der Waals surface area contributed by atoms with Crippen molar-refractivity contribution in [1.29, 1.82) is 0 Å². The van der Waals surface area contributed by atoms with Gasteiger partial charge in [0, 0.05) is 31.9 Å². The minimum Gasteiger partial charge on any atom is -0.481 e.